The summed E-state index contributed by atoms with van der Waals surface area (Å²) in [4.78, 5) is 7.31. The smallest absolute Gasteiger partial charge is 0.187 e. The van der Waals surface area contributed by atoms with Crippen LogP contribution in [0.4, 0.5) is 11.4 Å². The zero-order valence-corrected chi connectivity index (χ0v) is 39.0. The molecule has 0 radical (unpaired) electrons. The number of ether oxygens (including phenoxy) is 2. The van der Waals surface area contributed by atoms with Gasteiger partial charge in [-0.2, -0.15) is 10.5 Å². The van der Waals surface area contributed by atoms with Gasteiger partial charge in [-0.1, -0.05) is 98.8 Å². The lowest BCUT2D eigenvalue weighted by atomic mass is 9.74. The van der Waals surface area contributed by atoms with E-state index in [0.717, 1.165) is 98.7 Å². The third-order valence-electron chi connectivity index (χ3n) is 13.4. The van der Waals surface area contributed by atoms with E-state index >= 15 is 0 Å². The summed E-state index contributed by atoms with van der Waals surface area (Å²) in [6.45, 7) is 19.3. The second-order valence-corrected chi connectivity index (χ2v) is 18.1. The van der Waals surface area contributed by atoms with Gasteiger partial charge in [-0.25, -0.2) is 9.69 Å². The third kappa shape index (κ3) is 8.75. The van der Waals surface area contributed by atoms with E-state index in [1.54, 1.807) is 0 Å². The molecule has 0 aliphatic rings. The number of fused-ring (bicyclic) bond motifs is 4. The summed E-state index contributed by atoms with van der Waals surface area (Å²) in [5.74, 6) is 1.21. The van der Waals surface area contributed by atoms with Crippen molar-refractivity contribution < 1.29 is 19.7 Å². The number of aliphatic hydroxyl groups excluding tert-OH is 2. The first kappa shape index (κ1) is 45.5. The van der Waals surface area contributed by atoms with Crippen LogP contribution in [0.3, 0.4) is 0 Å². The highest BCUT2D eigenvalue weighted by atomic mass is 16.5. The molecule has 0 spiro atoms. The fraction of sp³-hybridized carbons (Fsp3) is 0.111. The van der Waals surface area contributed by atoms with Crippen LogP contribution in [0, 0.1) is 35.8 Å². The zero-order chi connectivity index (χ0) is 49.2. The average molecular weight is 921 g/mol. The number of aliphatic hydroxyl groups is 2. The van der Waals surface area contributed by atoms with Crippen molar-refractivity contribution in [3.05, 3.63) is 215 Å². The Kier molecular flexibility index (Phi) is 12.2. The van der Waals surface area contributed by atoms with Crippen LogP contribution in [0.15, 0.2) is 170 Å². The molecule has 10 aromatic rings. The van der Waals surface area contributed by atoms with E-state index in [9.17, 15) is 20.7 Å². The molecule has 10 aromatic carbocycles. The van der Waals surface area contributed by atoms with Crippen molar-refractivity contribution >= 4 is 54.5 Å². The zero-order valence-electron chi connectivity index (χ0n) is 39.0. The Bertz CT molecular complexity index is 3470. The largest absolute Gasteiger partial charge is 0.490 e. The van der Waals surface area contributed by atoms with Crippen LogP contribution in [-0.2, 0) is 5.41 Å². The number of benzene rings is 10. The van der Waals surface area contributed by atoms with Gasteiger partial charge in [0.05, 0.1) is 49.6 Å². The summed E-state index contributed by atoms with van der Waals surface area (Å²) in [5, 5.41) is 47.4. The first-order chi connectivity index (χ1) is 34.6. The van der Waals surface area contributed by atoms with Gasteiger partial charge in [-0.3, -0.25) is 0 Å². The molecular formula is C63H44N4O4. The van der Waals surface area contributed by atoms with Crippen LogP contribution in [0.2, 0.25) is 0 Å². The summed E-state index contributed by atoms with van der Waals surface area (Å²) in [6.07, 6.45) is 0. The molecule has 0 aliphatic heterocycles. The van der Waals surface area contributed by atoms with Crippen LogP contribution >= 0.6 is 0 Å². The minimum Gasteiger partial charge on any atom is -0.490 e. The van der Waals surface area contributed by atoms with Crippen molar-refractivity contribution in [3.63, 3.8) is 0 Å². The topological polar surface area (TPSA) is 115 Å². The minimum atomic E-state index is -0.724. The summed E-state index contributed by atoms with van der Waals surface area (Å²) in [5.41, 5.74) is 10.3. The van der Waals surface area contributed by atoms with Gasteiger partial charge in [0.2, 0.25) is 0 Å². The van der Waals surface area contributed by atoms with Gasteiger partial charge in [-0.05, 0) is 161 Å². The average Bonchev–Trinajstić information content (AvgIpc) is 3.42. The van der Waals surface area contributed by atoms with E-state index in [4.69, 9.17) is 22.6 Å². The number of nitriles is 2. The van der Waals surface area contributed by atoms with E-state index in [1.807, 2.05) is 121 Å². The van der Waals surface area contributed by atoms with Gasteiger partial charge < -0.3 is 19.7 Å². The van der Waals surface area contributed by atoms with E-state index < -0.39 is 5.41 Å². The highest BCUT2D eigenvalue weighted by molar-refractivity contribution is 5.97. The molecule has 71 heavy (non-hydrogen) atoms. The first-order valence-electron chi connectivity index (χ1n) is 23.2. The van der Waals surface area contributed by atoms with Gasteiger partial charge in [0.25, 0.3) is 0 Å². The normalized spacial score (nSPS) is 11.3. The van der Waals surface area contributed by atoms with E-state index in [2.05, 4.69) is 84.2 Å². The van der Waals surface area contributed by atoms with Gasteiger partial charge in [0, 0.05) is 27.7 Å². The minimum absolute atomic E-state index is 0.0544. The van der Waals surface area contributed by atoms with E-state index in [1.165, 1.54) is 0 Å². The highest BCUT2D eigenvalue weighted by Gasteiger charge is 2.30. The Hall–Kier alpha value is -9.28. The molecule has 0 fully saturated rings. The molecule has 0 bridgehead atoms. The third-order valence-corrected chi connectivity index (χ3v) is 13.4. The van der Waals surface area contributed by atoms with Gasteiger partial charge in [0.1, 0.15) is 24.7 Å². The molecule has 8 heteroatoms. The van der Waals surface area contributed by atoms with Crippen molar-refractivity contribution in [2.24, 2.45) is 0 Å². The predicted molar refractivity (Wildman–Crippen MR) is 284 cm³/mol. The quantitative estimate of drug-likeness (QED) is 0.118. The van der Waals surface area contributed by atoms with E-state index in [-0.39, 0.29) is 26.4 Å². The molecule has 0 atom stereocenters. The molecule has 0 aromatic heterocycles. The molecule has 340 valence electrons. The molecule has 0 amide bonds. The maximum Gasteiger partial charge on any atom is 0.187 e. The van der Waals surface area contributed by atoms with Crippen LogP contribution in [-0.4, -0.2) is 36.6 Å². The number of hydrogen-bond acceptors (Lipinski definition) is 6. The maximum atomic E-state index is 10.2. The lowest BCUT2D eigenvalue weighted by Gasteiger charge is -2.31. The molecule has 0 heterocycles. The van der Waals surface area contributed by atoms with Crippen molar-refractivity contribution in [2.75, 3.05) is 26.4 Å². The Morgan fingerprint density at radius 1 is 0.423 bits per heavy atom. The fourth-order valence-corrected chi connectivity index (χ4v) is 9.52. The highest BCUT2D eigenvalue weighted by Crippen LogP contribution is 2.49. The van der Waals surface area contributed by atoms with Gasteiger partial charge in [0.15, 0.2) is 11.4 Å². The number of rotatable bonds is 12. The summed E-state index contributed by atoms with van der Waals surface area (Å²) in [7, 11) is 0. The van der Waals surface area contributed by atoms with Crippen LogP contribution in [0.1, 0.15) is 36.1 Å². The monoisotopic (exact) mass is 920 g/mol. The Morgan fingerprint density at radius 2 is 0.718 bits per heavy atom. The molecule has 0 unspecified atom stereocenters. The fourth-order valence-electron chi connectivity index (χ4n) is 9.52. The summed E-state index contributed by atoms with van der Waals surface area (Å²) < 4.78 is 13.2. The van der Waals surface area contributed by atoms with Crippen molar-refractivity contribution in [3.8, 4) is 68.1 Å². The number of nitrogens with zero attached hydrogens (tertiary/aromatic N) is 4. The molecule has 2 N–H and O–H groups in total. The second-order valence-electron chi connectivity index (χ2n) is 18.1. The van der Waals surface area contributed by atoms with Crippen molar-refractivity contribution in [1.82, 2.24) is 0 Å². The van der Waals surface area contributed by atoms with Crippen LogP contribution < -0.4 is 9.47 Å². The Morgan fingerprint density at radius 3 is 1.03 bits per heavy atom. The summed E-state index contributed by atoms with van der Waals surface area (Å²) >= 11 is 0. The van der Waals surface area contributed by atoms with Crippen molar-refractivity contribution in [2.45, 2.75) is 19.3 Å². The number of hydrogen-bond donors (Lipinski definition) is 2. The first-order valence-corrected chi connectivity index (χ1v) is 23.2. The van der Waals surface area contributed by atoms with E-state index in [0.29, 0.717) is 34.0 Å². The van der Waals surface area contributed by atoms with Gasteiger partial charge in [-0.15, -0.1) is 0 Å². The van der Waals surface area contributed by atoms with Crippen molar-refractivity contribution in [1.29, 1.82) is 10.5 Å². The molecule has 8 nitrogen and oxygen atoms in total. The van der Waals surface area contributed by atoms with Gasteiger partial charge >= 0.3 is 0 Å². The molecular weight excluding hydrogens is 877 g/mol. The molecule has 10 rings (SSSR count). The standard InChI is InChI=1S/C63H44N4O4/c1-63(2,53-33-57(49-13-9-41-25-39(37-64)5-7-43(41)27-49)61(70-23-21-68)58(34-53)50-14-10-42-26-40(38-65)6-8-44(42)28-50)54-35-59(51-15-11-47-31-55(66-3)19-17-45(47)29-51)62(71-24-22-69)60(36-54)52-16-12-48-32-56(67-4)20-18-46(48)30-52/h5-20,25-36,68-69H,21-24H2,1-2H3. The Balaban J connectivity index is 1.25. The lowest BCUT2D eigenvalue weighted by molar-refractivity contribution is 0.202. The predicted octanol–water partition coefficient (Wildman–Crippen LogP) is 14.9. The molecule has 0 saturated carbocycles. The Labute approximate surface area is 411 Å². The second kappa shape index (κ2) is 19.0. The molecule has 0 saturated heterocycles. The van der Waals surface area contributed by atoms with Crippen LogP contribution in [0.5, 0.6) is 11.5 Å². The van der Waals surface area contributed by atoms with Crippen LogP contribution in [0.25, 0.3) is 97.3 Å². The SMILES string of the molecule is [C-]#[N+]c1ccc2cc(-c3cc(C(C)(C)c4cc(-c5ccc6cc(C#N)ccc6c5)c(OCCO)c(-c5ccc6cc(C#N)ccc6c5)c4)cc(-c4ccc5cc([N+]#[C-])ccc5c4)c3OCCO)ccc2c1. The maximum absolute atomic E-state index is 10.2. The molecule has 0 aliphatic carbocycles. The summed E-state index contributed by atoms with van der Waals surface area (Å²) in [6, 6.07) is 60.5. The lowest BCUT2D eigenvalue weighted by Crippen LogP contribution is -2.20.